The Hall–Kier alpha value is -1.27. The Morgan fingerprint density at radius 2 is 1.95 bits per heavy atom. The average Bonchev–Trinajstić information content (AvgIpc) is 2.16. The predicted octanol–water partition coefficient (Wildman–Crippen LogP) is 2.83. The molecule has 5 nitrogen and oxygen atoms in total. The number of carboxylic acids is 1. The number of hydrogen-bond donors (Lipinski definition) is 2. The molecule has 1 aromatic carbocycles. The summed E-state index contributed by atoms with van der Waals surface area (Å²) in [7, 11) is -3.67. The number of para-hydroxylation sites is 1. The summed E-state index contributed by atoms with van der Waals surface area (Å²) >= 11 is 5.86. The number of nitrogens with one attached hydrogen (secondary N) is 1. The van der Waals surface area contributed by atoms with Gasteiger partial charge in [-0.3, -0.25) is 4.72 Å². The van der Waals surface area contributed by atoms with E-state index in [1.54, 1.807) is 20.8 Å². The van der Waals surface area contributed by atoms with Crippen molar-refractivity contribution in [2.75, 3.05) is 10.5 Å². The monoisotopic (exact) mass is 305 g/mol. The normalized spacial score (nSPS) is 12.2. The number of carbonyl (C=O) groups is 1. The molecule has 1 rings (SSSR count). The van der Waals surface area contributed by atoms with E-state index < -0.39 is 21.4 Å². The second-order valence-electron chi connectivity index (χ2n) is 5.39. The van der Waals surface area contributed by atoms with Crippen molar-refractivity contribution >= 4 is 33.3 Å². The first kappa shape index (κ1) is 15.8. The molecule has 0 aliphatic heterocycles. The van der Waals surface area contributed by atoms with Gasteiger partial charge in [-0.25, -0.2) is 13.2 Å². The van der Waals surface area contributed by atoms with Gasteiger partial charge in [0.25, 0.3) is 0 Å². The molecule has 0 radical (unpaired) electrons. The summed E-state index contributed by atoms with van der Waals surface area (Å²) in [6.45, 7) is 5.32. The third-order valence-electron chi connectivity index (χ3n) is 2.12. The Balaban J connectivity index is 3.16. The van der Waals surface area contributed by atoms with Crippen molar-refractivity contribution in [1.82, 2.24) is 0 Å². The number of carboxylic acid groups (broad SMARTS) is 1. The third kappa shape index (κ3) is 4.72. The van der Waals surface area contributed by atoms with E-state index in [4.69, 9.17) is 16.7 Å². The summed E-state index contributed by atoms with van der Waals surface area (Å²) in [6.07, 6.45) is 0. The Morgan fingerprint density at radius 3 is 2.42 bits per heavy atom. The molecule has 0 unspecified atom stereocenters. The summed E-state index contributed by atoms with van der Waals surface area (Å²) in [5.41, 5.74) is -0.720. The van der Waals surface area contributed by atoms with Gasteiger partial charge in [0.15, 0.2) is 0 Å². The maximum Gasteiger partial charge on any atom is 0.337 e. The predicted molar refractivity (Wildman–Crippen MR) is 75.3 cm³/mol. The van der Waals surface area contributed by atoms with Crippen LogP contribution in [0.15, 0.2) is 18.2 Å². The SMILES string of the molecule is CC(C)(C)CS(=O)(=O)Nc1c(Cl)cccc1C(=O)O. The van der Waals surface area contributed by atoms with Crippen LogP contribution >= 0.6 is 11.6 Å². The lowest BCUT2D eigenvalue weighted by atomic mass is 10.0. The highest BCUT2D eigenvalue weighted by molar-refractivity contribution is 7.92. The average molecular weight is 306 g/mol. The molecule has 0 aliphatic rings. The first-order valence-corrected chi connectivity index (χ1v) is 7.57. The molecule has 2 N–H and O–H groups in total. The molecule has 0 aromatic heterocycles. The van der Waals surface area contributed by atoms with Crippen molar-refractivity contribution in [3.8, 4) is 0 Å². The summed E-state index contributed by atoms with van der Waals surface area (Å²) in [5, 5.41) is 9.08. The van der Waals surface area contributed by atoms with Crippen molar-refractivity contribution in [3.63, 3.8) is 0 Å². The van der Waals surface area contributed by atoms with E-state index in [2.05, 4.69) is 4.72 Å². The van der Waals surface area contributed by atoms with Crippen LogP contribution in [0.4, 0.5) is 5.69 Å². The zero-order chi connectivity index (χ0) is 14.8. The largest absolute Gasteiger partial charge is 0.478 e. The number of halogens is 1. The van der Waals surface area contributed by atoms with Crippen LogP contribution in [0.3, 0.4) is 0 Å². The second kappa shape index (κ2) is 5.38. The Morgan fingerprint density at radius 1 is 1.37 bits per heavy atom. The van der Waals surface area contributed by atoms with Gasteiger partial charge in [0.05, 0.1) is 22.0 Å². The fourth-order valence-electron chi connectivity index (χ4n) is 1.57. The van der Waals surface area contributed by atoms with Crippen molar-refractivity contribution in [2.45, 2.75) is 20.8 Å². The first-order valence-electron chi connectivity index (χ1n) is 5.54. The van der Waals surface area contributed by atoms with E-state index in [0.29, 0.717) is 0 Å². The fourth-order valence-corrected chi connectivity index (χ4v) is 3.59. The van der Waals surface area contributed by atoms with Gasteiger partial charge in [0.1, 0.15) is 0 Å². The lowest BCUT2D eigenvalue weighted by Gasteiger charge is -2.19. The molecule has 0 saturated heterocycles. The highest BCUT2D eigenvalue weighted by Gasteiger charge is 2.24. The van der Waals surface area contributed by atoms with Gasteiger partial charge < -0.3 is 5.11 Å². The Labute approximate surface area is 117 Å². The topological polar surface area (TPSA) is 83.5 Å². The standard InChI is InChI=1S/C12H16ClNO4S/c1-12(2,3)7-19(17,18)14-10-8(11(15)16)5-4-6-9(10)13/h4-6,14H,7H2,1-3H3,(H,15,16). The van der Waals surface area contributed by atoms with E-state index in [0.717, 1.165) is 0 Å². The van der Waals surface area contributed by atoms with Gasteiger partial charge in [-0.2, -0.15) is 0 Å². The van der Waals surface area contributed by atoms with Gasteiger partial charge >= 0.3 is 5.97 Å². The number of rotatable bonds is 4. The van der Waals surface area contributed by atoms with Gasteiger partial charge in [0, 0.05) is 0 Å². The molecule has 0 amide bonds. The van der Waals surface area contributed by atoms with E-state index >= 15 is 0 Å². The summed E-state index contributed by atoms with van der Waals surface area (Å²) in [5.74, 6) is -1.37. The summed E-state index contributed by atoms with van der Waals surface area (Å²) in [6, 6.07) is 4.18. The van der Waals surface area contributed by atoms with Crippen molar-refractivity contribution in [3.05, 3.63) is 28.8 Å². The fraction of sp³-hybridized carbons (Fsp3) is 0.417. The Kier molecular flexibility index (Phi) is 4.47. The van der Waals surface area contributed by atoms with Crippen LogP contribution < -0.4 is 4.72 Å². The van der Waals surface area contributed by atoms with E-state index in [9.17, 15) is 13.2 Å². The molecule has 0 saturated carbocycles. The first-order chi connectivity index (χ1) is 8.52. The zero-order valence-electron chi connectivity index (χ0n) is 10.9. The van der Waals surface area contributed by atoms with Crippen LogP contribution in [0.5, 0.6) is 0 Å². The number of anilines is 1. The minimum Gasteiger partial charge on any atom is -0.478 e. The van der Waals surface area contributed by atoms with E-state index in [-0.39, 0.29) is 22.0 Å². The molecule has 0 spiro atoms. The number of hydrogen-bond acceptors (Lipinski definition) is 3. The van der Waals surface area contributed by atoms with Crippen molar-refractivity contribution < 1.29 is 18.3 Å². The molecule has 19 heavy (non-hydrogen) atoms. The van der Waals surface area contributed by atoms with Crippen molar-refractivity contribution in [1.29, 1.82) is 0 Å². The number of aromatic carboxylic acids is 1. The van der Waals surface area contributed by atoms with Crippen LogP contribution in [0.25, 0.3) is 0 Å². The molecule has 0 heterocycles. The van der Waals surface area contributed by atoms with E-state index in [1.165, 1.54) is 18.2 Å². The third-order valence-corrected chi connectivity index (χ3v) is 4.20. The summed E-state index contributed by atoms with van der Waals surface area (Å²) in [4.78, 5) is 11.1. The van der Waals surface area contributed by atoms with Gasteiger partial charge in [-0.05, 0) is 17.5 Å². The Bertz CT molecular complexity index is 590. The van der Waals surface area contributed by atoms with Gasteiger partial charge in [0.2, 0.25) is 10.0 Å². The van der Waals surface area contributed by atoms with Crippen LogP contribution in [-0.4, -0.2) is 25.2 Å². The molecule has 0 fully saturated rings. The number of sulfonamides is 1. The zero-order valence-corrected chi connectivity index (χ0v) is 12.5. The van der Waals surface area contributed by atoms with Crippen LogP contribution in [0.1, 0.15) is 31.1 Å². The molecule has 0 bridgehead atoms. The van der Waals surface area contributed by atoms with Crippen LogP contribution in [0.2, 0.25) is 5.02 Å². The molecule has 0 atom stereocenters. The summed E-state index contributed by atoms with van der Waals surface area (Å²) < 4.78 is 26.2. The number of benzene rings is 1. The quantitative estimate of drug-likeness (QED) is 0.896. The lowest BCUT2D eigenvalue weighted by Crippen LogP contribution is -2.27. The van der Waals surface area contributed by atoms with Gasteiger partial charge in [-0.15, -0.1) is 0 Å². The molecule has 106 valence electrons. The van der Waals surface area contributed by atoms with Gasteiger partial charge in [-0.1, -0.05) is 38.4 Å². The van der Waals surface area contributed by atoms with Crippen LogP contribution in [-0.2, 0) is 10.0 Å². The van der Waals surface area contributed by atoms with E-state index in [1.807, 2.05) is 0 Å². The molecular formula is C12H16ClNO4S. The highest BCUT2D eigenvalue weighted by Crippen LogP contribution is 2.28. The molecule has 7 heteroatoms. The minimum atomic E-state index is -3.67. The smallest absolute Gasteiger partial charge is 0.337 e. The highest BCUT2D eigenvalue weighted by atomic mass is 35.5. The van der Waals surface area contributed by atoms with Crippen molar-refractivity contribution in [2.24, 2.45) is 5.41 Å². The maximum atomic E-state index is 12.0. The maximum absolute atomic E-state index is 12.0. The molecule has 1 aromatic rings. The molecule has 0 aliphatic carbocycles. The second-order valence-corrected chi connectivity index (χ2v) is 7.52. The molecular weight excluding hydrogens is 290 g/mol. The van der Waals surface area contributed by atoms with Crippen LogP contribution in [0, 0.1) is 5.41 Å². The minimum absolute atomic E-state index is 0.0531. The lowest BCUT2D eigenvalue weighted by molar-refractivity contribution is 0.0698.